The van der Waals surface area contributed by atoms with Crippen LogP contribution in [0.2, 0.25) is 5.02 Å². The molecule has 26 heavy (non-hydrogen) atoms. The summed E-state index contributed by atoms with van der Waals surface area (Å²) >= 11 is 7.25. The number of nitrogens with one attached hydrogen (secondary N) is 1. The first kappa shape index (κ1) is 16.8. The number of para-hydroxylation sites is 1. The van der Waals surface area contributed by atoms with Crippen molar-refractivity contribution in [3.63, 3.8) is 0 Å². The fourth-order valence-electron chi connectivity index (χ4n) is 2.33. The van der Waals surface area contributed by atoms with Crippen LogP contribution in [0.5, 0.6) is 5.75 Å². The number of hydrogen-bond acceptors (Lipinski definition) is 6. The highest BCUT2D eigenvalue weighted by atomic mass is 35.5. The Morgan fingerprint density at radius 1 is 1.23 bits per heavy atom. The predicted octanol–water partition coefficient (Wildman–Crippen LogP) is 3.72. The standard InChI is InChI=1S/C14H8ClF3N6OS/c15-8-6-19-21-11(8)12-23-24-10(20-22-13(24)26-12)5-7-3-1-2-4-9(7)25-14(16,17)18/h1-4,6H,5H2,(H,19,21). The lowest BCUT2D eigenvalue weighted by molar-refractivity contribution is -0.274. The van der Waals surface area contributed by atoms with E-state index in [2.05, 4.69) is 30.2 Å². The first-order chi connectivity index (χ1) is 12.4. The topological polar surface area (TPSA) is 81.0 Å². The molecule has 0 atom stereocenters. The van der Waals surface area contributed by atoms with Gasteiger partial charge in [0.2, 0.25) is 4.96 Å². The smallest absolute Gasteiger partial charge is 0.405 e. The van der Waals surface area contributed by atoms with Gasteiger partial charge in [-0.3, -0.25) is 5.10 Å². The number of aromatic nitrogens is 6. The average Bonchev–Trinajstić information content (AvgIpc) is 3.24. The molecule has 134 valence electrons. The van der Waals surface area contributed by atoms with Crippen molar-refractivity contribution in [2.24, 2.45) is 0 Å². The maximum Gasteiger partial charge on any atom is 0.573 e. The number of alkyl halides is 3. The quantitative estimate of drug-likeness (QED) is 0.564. The molecule has 3 aromatic heterocycles. The average molecular weight is 401 g/mol. The summed E-state index contributed by atoms with van der Waals surface area (Å²) < 4.78 is 43.2. The van der Waals surface area contributed by atoms with Gasteiger partial charge in [0.25, 0.3) is 0 Å². The van der Waals surface area contributed by atoms with E-state index in [1.54, 1.807) is 6.07 Å². The number of H-pyrrole nitrogens is 1. The molecule has 1 aromatic carbocycles. The van der Waals surface area contributed by atoms with E-state index < -0.39 is 6.36 Å². The summed E-state index contributed by atoms with van der Waals surface area (Å²) in [5.74, 6) is 0.0835. The van der Waals surface area contributed by atoms with Gasteiger partial charge in [-0.2, -0.15) is 14.7 Å². The SMILES string of the molecule is FC(F)(F)Oc1ccccc1Cc1nnc2sc(-c3[nH]ncc3Cl)nn12. The van der Waals surface area contributed by atoms with Gasteiger partial charge in [0.15, 0.2) is 10.8 Å². The Morgan fingerprint density at radius 2 is 2.04 bits per heavy atom. The van der Waals surface area contributed by atoms with Crippen molar-refractivity contribution < 1.29 is 17.9 Å². The van der Waals surface area contributed by atoms with Crippen molar-refractivity contribution in [1.82, 2.24) is 30.0 Å². The fraction of sp³-hybridized carbons (Fsp3) is 0.143. The molecule has 0 aliphatic carbocycles. The summed E-state index contributed by atoms with van der Waals surface area (Å²) in [6.07, 6.45) is -3.26. The largest absolute Gasteiger partial charge is 0.573 e. The van der Waals surface area contributed by atoms with E-state index in [4.69, 9.17) is 11.6 Å². The van der Waals surface area contributed by atoms with Gasteiger partial charge in [0.1, 0.15) is 11.4 Å². The third-order valence-corrected chi connectivity index (χ3v) is 4.61. The van der Waals surface area contributed by atoms with Crippen molar-refractivity contribution in [1.29, 1.82) is 0 Å². The number of aromatic amines is 1. The van der Waals surface area contributed by atoms with Crippen LogP contribution in [0.1, 0.15) is 11.4 Å². The van der Waals surface area contributed by atoms with Crippen LogP contribution in [0.15, 0.2) is 30.5 Å². The summed E-state index contributed by atoms with van der Waals surface area (Å²) in [7, 11) is 0. The molecule has 3 heterocycles. The fourth-order valence-corrected chi connectivity index (χ4v) is 3.44. The van der Waals surface area contributed by atoms with Crippen LogP contribution in [0.4, 0.5) is 13.2 Å². The maximum absolute atomic E-state index is 12.6. The van der Waals surface area contributed by atoms with Crippen LogP contribution < -0.4 is 4.74 Å². The first-order valence-electron chi connectivity index (χ1n) is 7.15. The number of benzene rings is 1. The first-order valence-corrected chi connectivity index (χ1v) is 8.34. The van der Waals surface area contributed by atoms with E-state index in [-0.39, 0.29) is 12.2 Å². The van der Waals surface area contributed by atoms with Crippen molar-refractivity contribution in [3.05, 3.63) is 46.9 Å². The van der Waals surface area contributed by atoms with Crippen LogP contribution in [0.3, 0.4) is 0 Å². The Bertz CT molecular complexity index is 1070. The molecule has 1 N–H and O–H groups in total. The molecule has 7 nitrogen and oxygen atoms in total. The molecule has 4 aromatic rings. The molecule has 0 radical (unpaired) electrons. The minimum Gasteiger partial charge on any atom is -0.405 e. The highest BCUT2D eigenvalue weighted by Crippen LogP contribution is 2.31. The third kappa shape index (κ3) is 3.22. The summed E-state index contributed by atoms with van der Waals surface area (Å²) in [5, 5.41) is 19.9. The monoisotopic (exact) mass is 400 g/mol. The number of halogens is 4. The number of ether oxygens (including phenoxy) is 1. The Labute approximate surface area is 152 Å². The molecular formula is C14H8ClF3N6OS. The summed E-state index contributed by atoms with van der Waals surface area (Å²) in [6, 6.07) is 5.86. The molecule has 0 fully saturated rings. The van der Waals surface area contributed by atoms with E-state index in [0.717, 1.165) is 0 Å². The van der Waals surface area contributed by atoms with Gasteiger partial charge in [-0.15, -0.1) is 23.4 Å². The molecule has 0 bridgehead atoms. The molecule has 0 unspecified atom stereocenters. The molecule has 4 rings (SSSR count). The summed E-state index contributed by atoms with van der Waals surface area (Å²) in [5.41, 5.74) is 0.849. The molecule has 0 amide bonds. The van der Waals surface area contributed by atoms with E-state index in [0.29, 0.717) is 32.1 Å². The Hall–Kier alpha value is -2.66. The highest BCUT2D eigenvalue weighted by molar-refractivity contribution is 7.19. The zero-order valence-corrected chi connectivity index (χ0v) is 14.2. The minimum absolute atomic E-state index is 0.0628. The van der Waals surface area contributed by atoms with Gasteiger partial charge in [0, 0.05) is 12.0 Å². The van der Waals surface area contributed by atoms with Gasteiger partial charge in [-0.25, -0.2) is 0 Å². The predicted molar refractivity (Wildman–Crippen MR) is 87.2 cm³/mol. The van der Waals surface area contributed by atoms with Crippen molar-refractivity contribution in [2.45, 2.75) is 12.8 Å². The molecule has 0 aliphatic heterocycles. The molecule has 0 aliphatic rings. The van der Waals surface area contributed by atoms with E-state index in [9.17, 15) is 13.2 Å². The van der Waals surface area contributed by atoms with Crippen molar-refractivity contribution >= 4 is 27.9 Å². The third-order valence-electron chi connectivity index (χ3n) is 3.41. The van der Waals surface area contributed by atoms with Crippen LogP contribution >= 0.6 is 22.9 Å². The Morgan fingerprint density at radius 3 is 2.77 bits per heavy atom. The molecule has 12 heteroatoms. The van der Waals surface area contributed by atoms with E-state index in [1.807, 2.05) is 0 Å². The number of fused-ring (bicyclic) bond motifs is 1. The molecule has 0 saturated carbocycles. The lowest BCUT2D eigenvalue weighted by Crippen LogP contribution is -2.18. The molecule has 0 spiro atoms. The van der Waals surface area contributed by atoms with Gasteiger partial charge in [-0.1, -0.05) is 41.1 Å². The van der Waals surface area contributed by atoms with Crippen LogP contribution in [0, 0.1) is 0 Å². The van der Waals surface area contributed by atoms with Crippen molar-refractivity contribution in [2.75, 3.05) is 0 Å². The van der Waals surface area contributed by atoms with Gasteiger partial charge < -0.3 is 4.74 Å². The Balaban J connectivity index is 1.69. The lowest BCUT2D eigenvalue weighted by atomic mass is 10.1. The van der Waals surface area contributed by atoms with Gasteiger partial charge >= 0.3 is 6.36 Å². The van der Waals surface area contributed by atoms with Crippen molar-refractivity contribution in [3.8, 4) is 16.5 Å². The van der Waals surface area contributed by atoms with Gasteiger partial charge in [0.05, 0.1) is 11.2 Å². The summed E-state index contributed by atoms with van der Waals surface area (Å²) in [4.78, 5) is 0.481. The Kier molecular flexibility index (Phi) is 4.04. The molecular weight excluding hydrogens is 393 g/mol. The maximum atomic E-state index is 12.6. The van der Waals surface area contributed by atoms with Crippen LogP contribution in [-0.2, 0) is 6.42 Å². The molecule has 0 saturated heterocycles. The van der Waals surface area contributed by atoms with E-state index >= 15 is 0 Å². The zero-order chi connectivity index (χ0) is 18.3. The minimum atomic E-state index is -4.78. The second kappa shape index (κ2) is 6.25. The van der Waals surface area contributed by atoms with E-state index in [1.165, 1.54) is 40.2 Å². The number of nitrogens with zero attached hydrogens (tertiary/aromatic N) is 5. The normalized spacial score (nSPS) is 12.0. The highest BCUT2D eigenvalue weighted by Gasteiger charge is 2.32. The lowest BCUT2D eigenvalue weighted by Gasteiger charge is -2.12. The second-order valence-electron chi connectivity index (χ2n) is 5.14. The number of rotatable bonds is 4. The zero-order valence-electron chi connectivity index (χ0n) is 12.7. The van der Waals surface area contributed by atoms with Gasteiger partial charge in [-0.05, 0) is 6.07 Å². The second-order valence-corrected chi connectivity index (χ2v) is 6.51. The van der Waals surface area contributed by atoms with Crippen LogP contribution in [-0.4, -0.2) is 36.4 Å². The summed E-state index contributed by atoms with van der Waals surface area (Å²) in [6.45, 7) is 0. The van der Waals surface area contributed by atoms with Crippen LogP contribution in [0.25, 0.3) is 15.7 Å². The number of hydrogen-bond donors (Lipinski definition) is 1.